The van der Waals surface area contributed by atoms with Crippen molar-refractivity contribution in [1.29, 1.82) is 5.26 Å². The normalized spacial score (nSPS) is 10.1. The van der Waals surface area contributed by atoms with Crippen LogP contribution < -0.4 is 10.6 Å². The van der Waals surface area contributed by atoms with Crippen molar-refractivity contribution >= 4 is 17.3 Å². The van der Waals surface area contributed by atoms with Crippen molar-refractivity contribution in [3.05, 3.63) is 41.2 Å². The lowest BCUT2D eigenvalue weighted by atomic mass is 10.1. The van der Waals surface area contributed by atoms with Gasteiger partial charge in [-0.1, -0.05) is 25.5 Å². The summed E-state index contributed by atoms with van der Waals surface area (Å²) in [6.07, 6.45) is 1.65. The lowest BCUT2D eigenvalue weighted by Gasteiger charge is -2.17. The third-order valence-electron chi connectivity index (χ3n) is 3.28. The number of aromatic nitrogens is 2. The van der Waals surface area contributed by atoms with E-state index in [1.807, 2.05) is 6.92 Å². The molecule has 0 aliphatic carbocycles. The molecule has 2 aromatic rings. The summed E-state index contributed by atoms with van der Waals surface area (Å²) in [6, 6.07) is 8.97. The first-order chi connectivity index (χ1) is 10.1. The maximum atomic E-state index is 12.5. The van der Waals surface area contributed by atoms with Crippen LogP contribution >= 0.6 is 0 Å². The Bertz CT molecular complexity index is 698. The average molecular weight is 283 g/mol. The highest BCUT2D eigenvalue weighted by Crippen LogP contribution is 2.23. The molecular weight excluding hydrogens is 266 g/mol. The molecule has 1 aromatic carbocycles. The number of aryl methyl sites for hydroxylation is 1. The van der Waals surface area contributed by atoms with Gasteiger partial charge in [-0.2, -0.15) is 10.4 Å². The molecule has 108 valence electrons. The van der Waals surface area contributed by atoms with Gasteiger partial charge in [0.1, 0.15) is 6.07 Å². The molecule has 6 heteroatoms. The van der Waals surface area contributed by atoms with E-state index >= 15 is 0 Å². The highest BCUT2D eigenvalue weighted by atomic mass is 16.2. The summed E-state index contributed by atoms with van der Waals surface area (Å²) in [6.45, 7) is 2.02. The van der Waals surface area contributed by atoms with Crippen LogP contribution in [-0.2, 0) is 6.42 Å². The number of anilines is 2. The molecule has 0 bridgehead atoms. The van der Waals surface area contributed by atoms with E-state index in [0.29, 0.717) is 16.9 Å². The number of carbonyl (C=O) groups is 1. The molecule has 0 radical (unpaired) electrons. The van der Waals surface area contributed by atoms with Crippen LogP contribution in [0.1, 0.15) is 35.1 Å². The molecule has 0 aliphatic rings. The minimum atomic E-state index is -0.339. The molecule has 1 aromatic heterocycles. The zero-order valence-electron chi connectivity index (χ0n) is 12.1. The van der Waals surface area contributed by atoms with Crippen LogP contribution in [0, 0.1) is 11.3 Å². The number of para-hydroxylation sites is 1. The van der Waals surface area contributed by atoms with Crippen LogP contribution in [-0.4, -0.2) is 23.2 Å². The molecule has 0 saturated carbocycles. The molecule has 21 heavy (non-hydrogen) atoms. The van der Waals surface area contributed by atoms with E-state index in [1.54, 1.807) is 31.3 Å². The Balaban J connectivity index is 2.34. The molecule has 6 nitrogen and oxygen atoms in total. The number of aromatic amines is 1. The molecule has 0 spiro atoms. The Morgan fingerprint density at radius 2 is 2.19 bits per heavy atom. The number of rotatable bonds is 4. The Kier molecular flexibility index (Phi) is 4.24. The van der Waals surface area contributed by atoms with Crippen LogP contribution in [0.5, 0.6) is 0 Å². The van der Waals surface area contributed by atoms with Gasteiger partial charge in [0.15, 0.2) is 5.69 Å². The Labute approximate surface area is 123 Å². The van der Waals surface area contributed by atoms with Crippen LogP contribution in [0.4, 0.5) is 11.4 Å². The largest absolute Gasteiger partial charge is 0.395 e. The summed E-state index contributed by atoms with van der Waals surface area (Å²) in [5, 5.41) is 15.9. The molecule has 3 N–H and O–H groups in total. The summed E-state index contributed by atoms with van der Waals surface area (Å²) in [7, 11) is 1.60. The van der Waals surface area contributed by atoms with Gasteiger partial charge in [0.2, 0.25) is 0 Å². The number of hydrogen-bond donors (Lipinski definition) is 2. The van der Waals surface area contributed by atoms with Gasteiger partial charge in [-0.25, -0.2) is 0 Å². The Morgan fingerprint density at radius 1 is 1.48 bits per heavy atom. The molecule has 0 aliphatic heterocycles. The number of carbonyl (C=O) groups excluding carboxylic acids is 1. The average Bonchev–Trinajstić information content (AvgIpc) is 2.87. The van der Waals surface area contributed by atoms with Crippen LogP contribution in [0.15, 0.2) is 24.3 Å². The van der Waals surface area contributed by atoms with E-state index < -0.39 is 0 Å². The monoisotopic (exact) mass is 283 g/mol. The second-order valence-electron chi connectivity index (χ2n) is 4.71. The first kappa shape index (κ1) is 14.6. The van der Waals surface area contributed by atoms with Crippen molar-refractivity contribution in [3.8, 4) is 6.07 Å². The van der Waals surface area contributed by atoms with E-state index in [1.165, 1.54) is 4.90 Å². The number of nitrogens with one attached hydrogen (secondary N) is 1. The fourth-order valence-electron chi connectivity index (χ4n) is 2.12. The number of nitriles is 1. The number of hydrogen-bond acceptors (Lipinski definition) is 4. The van der Waals surface area contributed by atoms with Gasteiger partial charge in [0.25, 0.3) is 5.91 Å². The molecule has 0 saturated heterocycles. The molecule has 0 unspecified atom stereocenters. The number of nitrogens with two attached hydrogens (primary N) is 1. The van der Waals surface area contributed by atoms with Gasteiger partial charge in [-0.15, -0.1) is 0 Å². The Hall–Kier alpha value is -2.81. The van der Waals surface area contributed by atoms with Gasteiger partial charge in [-0.05, 0) is 18.6 Å². The molecule has 0 atom stereocenters. The summed E-state index contributed by atoms with van der Waals surface area (Å²) < 4.78 is 0. The zero-order chi connectivity index (χ0) is 15.4. The number of benzene rings is 1. The molecule has 1 amide bonds. The van der Waals surface area contributed by atoms with Crippen molar-refractivity contribution in [3.63, 3.8) is 0 Å². The first-order valence-electron chi connectivity index (χ1n) is 6.70. The number of nitrogen functional groups attached to an aromatic ring is 1. The van der Waals surface area contributed by atoms with Crippen molar-refractivity contribution < 1.29 is 4.79 Å². The lowest BCUT2D eigenvalue weighted by molar-refractivity contribution is 0.0989. The van der Waals surface area contributed by atoms with E-state index in [2.05, 4.69) is 16.3 Å². The van der Waals surface area contributed by atoms with Gasteiger partial charge in [0.05, 0.1) is 22.6 Å². The van der Waals surface area contributed by atoms with Crippen molar-refractivity contribution in [1.82, 2.24) is 10.2 Å². The number of H-pyrrole nitrogens is 1. The standard InChI is InChI=1S/C15H17N5O/c1-3-6-11-13(17)14(19-18-11)15(21)20(2)12-8-5-4-7-10(12)9-16/h4-5,7-8H,3,6,17H2,1-2H3,(H,18,19). The topological polar surface area (TPSA) is 98.8 Å². The maximum absolute atomic E-state index is 12.5. The third kappa shape index (κ3) is 2.72. The van der Waals surface area contributed by atoms with Crippen molar-refractivity contribution in [2.75, 3.05) is 17.7 Å². The minimum Gasteiger partial charge on any atom is -0.395 e. The highest BCUT2D eigenvalue weighted by molar-refractivity contribution is 6.08. The zero-order valence-corrected chi connectivity index (χ0v) is 12.1. The SMILES string of the molecule is CCCc1[nH]nc(C(=O)N(C)c2ccccc2C#N)c1N. The van der Waals surface area contributed by atoms with Crippen molar-refractivity contribution in [2.24, 2.45) is 0 Å². The molecular formula is C15H17N5O. The maximum Gasteiger partial charge on any atom is 0.280 e. The van der Waals surface area contributed by atoms with Crippen LogP contribution in [0.2, 0.25) is 0 Å². The summed E-state index contributed by atoms with van der Waals surface area (Å²) in [4.78, 5) is 13.9. The second kappa shape index (κ2) is 6.09. The summed E-state index contributed by atoms with van der Waals surface area (Å²) in [5.41, 5.74) is 8.26. The van der Waals surface area contributed by atoms with Crippen molar-refractivity contribution in [2.45, 2.75) is 19.8 Å². The lowest BCUT2D eigenvalue weighted by Crippen LogP contribution is -2.28. The number of nitrogens with zero attached hydrogens (tertiary/aromatic N) is 3. The van der Waals surface area contributed by atoms with Crippen LogP contribution in [0.25, 0.3) is 0 Å². The fraction of sp³-hybridized carbons (Fsp3) is 0.267. The molecule has 0 fully saturated rings. The van der Waals surface area contributed by atoms with E-state index in [0.717, 1.165) is 18.5 Å². The highest BCUT2D eigenvalue weighted by Gasteiger charge is 2.22. The van der Waals surface area contributed by atoms with E-state index in [4.69, 9.17) is 11.0 Å². The molecule has 1 heterocycles. The minimum absolute atomic E-state index is 0.189. The predicted molar refractivity (Wildman–Crippen MR) is 80.9 cm³/mol. The smallest absolute Gasteiger partial charge is 0.280 e. The van der Waals surface area contributed by atoms with E-state index in [9.17, 15) is 4.79 Å². The van der Waals surface area contributed by atoms with Gasteiger partial charge in [-0.3, -0.25) is 9.89 Å². The first-order valence-corrected chi connectivity index (χ1v) is 6.70. The van der Waals surface area contributed by atoms with Gasteiger partial charge in [0, 0.05) is 7.05 Å². The van der Waals surface area contributed by atoms with Crippen LogP contribution in [0.3, 0.4) is 0 Å². The second-order valence-corrected chi connectivity index (χ2v) is 4.71. The quantitative estimate of drug-likeness (QED) is 0.897. The fourth-order valence-corrected chi connectivity index (χ4v) is 2.12. The molecule has 2 rings (SSSR count). The summed E-state index contributed by atoms with van der Waals surface area (Å²) in [5.74, 6) is -0.339. The van der Waals surface area contributed by atoms with E-state index in [-0.39, 0.29) is 11.6 Å². The number of amides is 1. The summed E-state index contributed by atoms with van der Waals surface area (Å²) >= 11 is 0. The van der Waals surface area contributed by atoms with Gasteiger partial charge >= 0.3 is 0 Å². The third-order valence-corrected chi connectivity index (χ3v) is 3.28. The Morgan fingerprint density at radius 3 is 2.86 bits per heavy atom. The predicted octanol–water partition coefficient (Wildman–Crippen LogP) is 2.09. The van der Waals surface area contributed by atoms with Gasteiger partial charge < -0.3 is 10.6 Å².